The van der Waals surface area contributed by atoms with Crippen LogP contribution in [0, 0.1) is 0 Å². The van der Waals surface area contributed by atoms with E-state index in [1.165, 1.54) is 36.8 Å². The third-order valence-electron chi connectivity index (χ3n) is 6.70. The molecule has 4 rings (SSSR count). The summed E-state index contributed by atoms with van der Waals surface area (Å²) in [6, 6.07) is 22.4. The Balaban J connectivity index is 1.20. The normalized spacial score (nSPS) is 24.0. The molecule has 1 atom stereocenters. The molecule has 32 heavy (non-hydrogen) atoms. The van der Waals surface area contributed by atoms with Gasteiger partial charge in [-0.25, -0.2) is 0 Å². The highest BCUT2D eigenvalue weighted by molar-refractivity contribution is 5.17. The molecule has 2 aromatic rings. The van der Waals surface area contributed by atoms with Gasteiger partial charge in [-0.15, -0.1) is 0 Å². The Morgan fingerprint density at radius 3 is 1.94 bits per heavy atom. The van der Waals surface area contributed by atoms with Crippen LogP contribution in [0.2, 0.25) is 0 Å². The summed E-state index contributed by atoms with van der Waals surface area (Å²) < 4.78 is 17.6. The molecule has 0 spiro atoms. The number of rotatable bonds is 11. The second-order valence-electron chi connectivity index (χ2n) is 9.20. The predicted molar refractivity (Wildman–Crippen MR) is 128 cm³/mol. The number of benzene rings is 2. The maximum Gasteiger partial charge on any atom is 0.157 e. The first-order valence-electron chi connectivity index (χ1n) is 12.5. The minimum Gasteiger partial charge on any atom is -0.378 e. The summed E-state index contributed by atoms with van der Waals surface area (Å²) in [6.07, 6.45) is 9.49. The maximum absolute atomic E-state index is 6.20. The predicted octanol–water partition coefficient (Wildman–Crippen LogP) is 5.95. The Bertz CT molecular complexity index is 698. The van der Waals surface area contributed by atoms with Gasteiger partial charge >= 0.3 is 0 Å². The lowest BCUT2D eigenvalue weighted by molar-refractivity contribution is -0.164. The van der Waals surface area contributed by atoms with E-state index in [1.807, 2.05) is 0 Å². The maximum atomic E-state index is 6.20. The molecule has 1 aliphatic heterocycles. The van der Waals surface area contributed by atoms with E-state index in [2.05, 4.69) is 65.6 Å². The van der Waals surface area contributed by atoms with E-state index in [9.17, 15) is 0 Å². The van der Waals surface area contributed by atoms with Gasteiger partial charge in [0.15, 0.2) is 6.29 Å². The highest BCUT2D eigenvalue weighted by Crippen LogP contribution is 2.28. The van der Waals surface area contributed by atoms with Crippen molar-refractivity contribution in [1.82, 2.24) is 4.90 Å². The monoisotopic (exact) mass is 437 g/mol. The molecule has 0 aromatic heterocycles. The molecular formula is C28H39NO3. The average molecular weight is 438 g/mol. The van der Waals surface area contributed by atoms with Crippen LogP contribution in [0.25, 0.3) is 0 Å². The quantitative estimate of drug-likeness (QED) is 0.407. The van der Waals surface area contributed by atoms with Crippen LogP contribution in [0.5, 0.6) is 0 Å². The number of nitrogens with zero attached hydrogens (tertiary/aromatic N) is 1. The van der Waals surface area contributed by atoms with Gasteiger partial charge in [0.25, 0.3) is 0 Å². The second kappa shape index (κ2) is 13.1. The van der Waals surface area contributed by atoms with Crippen molar-refractivity contribution in [3.63, 3.8) is 0 Å². The molecule has 0 radical (unpaired) electrons. The van der Waals surface area contributed by atoms with E-state index in [-0.39, 0.29) is 6.29 Å². The summed E-state index contributed by atoms with van der Waals surface area (Å²) in [5.41, 5.74) is 2.78. The molecule has 1 unspecified atom stereocenters. The summed E-state index contributed by atoms with van der Waals surface area (Å²) in [5.74, 6) is 0. The second-order valence-corrected chi connectivity index (χ2v) is 9.20. The van der Waals surface area contributed by atoms with E-state index in [1.54, 1.807) is 0 Å². The van der Waals surface area contributed by atoms with Crippen LogP contribution in [0.3, 0.4) is 0 Å². The lowest BCUT2D eigenvalue weighted by Gasteiger charge is -2.37. The number of hydrogen-bond donors (Lipinski definition) is 0. The fraction of sp³-hybridized carbons (Fsp3) is 0.571. The smallest absolute Gasteiger partial charge is 0.157 e. The van der Waals surface area contributed by atoms with Gasteiger partial charge in [-0.05, 0) is 62.5 Å². The Kier molecular flexibility index (Phi) is 9.59. The van der Waals surface area contributed by atoms with Crippen molar-refractivity contribution in [2.45, 2.75) is 82.9 Å². The first kappa shape index (κ1) is 23.4. The molecule has 0 bridgehead atoms. The lowest BCUT2D eigenvalue weighted by atomic mass is 9.91. The molecule has 2 fully saturated rings. The highest BCUT2D eigenvalue weighted by atomic mass is 16.7. The topological polar surface area (TPSA) is 30.9 Å². The number of hydrogen-bond acceptors (Lipinski definition) is 4. The van der Waals surface area contributed by atoms with Crippen LogP contribution in [0.15, 0.2) is 60.7 Å². The molecular weight excluding hydrogens is 398 g/mol. The van der Waals surface area contributed by atoms with Gasteiger partial charge in [-0.1, -0.05) is 60.7 Å². The van der Waals surface area contributed by atoms with Crippen LogP contribution >= 0.6 is 0 Å². The summed E-state index contributed by atoms with van der Waals surface area (Å²) in [4.78, 5) is 2.67. The molecule has 2 aliphatic rings. The summed E-state index contributed by atoms with van der Waals surface area (Å²) in [6.45, 7) is 4.39. The van der Waals surface area contributed by atoms with E-state index in [0.717, 1.165) is 58.6 Å². The molecule has 1 saturated heterocycles. The summed E-state index contributed by atoms with van der Waals surface area (Å²) >= 11 is 0. The first-order chi connectivity index (χ1) is 15.9. The summed E-state index contributed by atoms with van der Waals surface area (Å²) in [5, 5.41) is 0. The van der Waals surface area contributed by atoms with Gasteiger partial charge in [0.1, 0.15) is 0 Å². The average Bonchev–Trinajstić information content (AvgIpc) is 2.86. The van der Waals surface area contributed by atoms with Gasteiger partial charge in [0.2, 0.25) is 0 Å². The fourth-order valence-electron chi connectivity index (χ4n) is 4.89. The first-order valence-corrected chi connectivity index (χ1v) is 12.5. The van der Waals surface area contributed by atoms with E-state index < -0.39 is 0 Å². The molecule has 4 nitrogen and oxygen atoms in total. The standard InChI is InChI=1S/C28H39NO3/c1-3-10-24(11-4-1)22-29(23-25-12-5-2-6-13-25)26-15-17-27(18-16-26)30-20-9-21-32-28-14-7-8-19-31-28/h1-6,10-13,26-28H,7-9,14-23H2. The zero-order chi connectivity index (χ0) is 21.8. The molecule has 1 heterocycles. The summed E-state index contributed by atoms with van der Waals surface area (Å²) in [7, 11) is 0. The van der Waals surface area contributed by atoms with Crippen LogP contribution in [0.4, 0.5) is 0 Å². The van der Waals surface area contributed by atoms with Crippen molar-refractivity contribution in [1.29, 1.82) is 0 Å². The molecule has 1 saturated carbocycles. The SMILES string of the molecule is c1ccc(CN(Cc2ccccc2)C2CCC(OCCCOC3CCCCO3)CC2)cc1. The van der Waals surface area contributed by atoms with Crippen LogP contribution in [-0.4, -0.2) is 43.2 Å². The van der Waals surface area contributed by atoms with Gasteiger partial charge in [0.05, 0.1) is 12.7 Å². The fourth-order valence-corrected chi connectivity index (χ4v) is 4.89. The number of ether oxygens (including phenoxy) is 3. The largest absolute Gasteiger partial charge is 0.378 e. The Hall–Kier alpha value is -1.72. The van der Waals surface area contributed by atoms with Crippen molar-refractivity contribution in [3.8, 4) is 0 Å². The van der Waals surface area contributed by atoms with Gasteiger partial charge in [0, 0.05) is 32.3 Å². The molecule has 0 amide bonds. The minimum absolute atomic E-state index is 0.0133. The zero-order valence-corrected chi connectivity index (χ0v) is 19.4. The van der Waals surface area contributed by atoms with E-state index >= 15 is 0 Å². The third-order valence-corrected chi connectivity index (χ3v) is 6.70. The van der Waals surface area contributed by atoms with E-state index in [4.69, 9.17) is 14.2 Å². The van der Waals surface area contributed by atoms with Crippen LogP contribution in [0.1, 0.15) is 62.5 Å². The van der Waals surface area contributed by atoms with Gasteiger partial charge < -0.3 is 14.2 Å². The molecule has 0 N–H and O–H groups in total. The van der Waals surface area contributed by atoms with Crippen molar-refractivity contribution in [2.75, 3.05) is 19.8 Å². The highest BCUT2D eigenvalue weighted by Gasteiger charge is 2.26. The van der Waals surface area contributed by atoms with Crippen molar-refractivity contribution < 1.29 is 14.2 Å². The van der Waals surface area contributed by atoms with Crippen molar-refractivity contribution in [2.24, 2.45) is 0 Å². The van der Waals surface area contributed by atoms with Crippen molar-refractivity contribution >= 4 is 0 Å². The Morgan fingerprint density at radius 1 is 0.719 bits per heavy atom. The lowest BCUT2D eigenvalue weighted by Crippen LogP contribution is -2.38. The molecule has 1 aliphatic carbocycles. The zero-order valence-electron chi connectivity index (χ0n) is 19.4. The minimum atomic E-state index is 0.0133. The Labute approximate surface area is 193 Å². The van der Waals surface area contributed by atoms with Gasteiger partial charge in [-0.3, -0.25) is 4.90 Å². The molecule has 4 heteroatoms. The van der Waals surface area contributed by atoms with Crippen LogP contribution in [-0.2, 0) is 27.3 Å². The van der Waals surface area contributed by atoms with Crippen molar-refractivity contribution in [3.05, 3.63) is 71.8 Å². The van der Waals surface area contributed by atoms with Gasteiger partial charge in [-0.2, -0.15) is 0 Å². The Morgan fingerprint density at radius 2 is 1.34 bits per heavy atom. The molecule has 2 aromatic carbocycles. The van der Waals surface area contributed by atoms with E-state index in [0.29, 0.717) is 12.1 Å². The van der Waals surface area contributed by atoms with Crippen LogP contribution < -0.4 is 0 Å². The molecule has 174 valence electrons. The third kappa shape index (κ3) is 7.70.